The van der Waals surface area contributed by atoms with Gasteiger partial charge in [-0.25, -0.2) is 4.98 Å². The Bertz CT molecular complexity index is 453. The molecule has 0 aliphatic heterocycles. The highest BCUT2D eigenvalue weighted by Crippen LogP contribution is 2.27. The van der Waals surface area contributed by atoms with Crippen LogP contribution in [-0.2, 0) is 5.88 Å². The smallest absolute Gasteiger partial charge is 0.181 e. The highest BCUT2D eigenvalue weighted by molar-refractivity contribution is 6.17. The first-order chi connectivity index (χ1) is 7.35. The number of aromatic nitrogens is 1. The Balaban J connectivity index is 2.44. The molecule has 1 aromatic heterocycles. The average Bonchev–Trinajstić information content (AvgIpc) is 2.77. The van der Waals surface area contributed by atoms with E-state index in [0.717, 1.165) is 17.0 Å². The molecule has 0 atom stereocenters. The molecule has 0 N–H and O–H groups in total. The first kappa shape index (κ1) is 10.1. The van der Waals surface area contributed by atoms with Crippen LogP contribution in [-0.4, -0.2) is 12.1 Å². The molecule has 0 unspecified atom stereocenters. The maximum Gasteiger partial charge on any atom is 0.181 e. The Morgan fingerprint density at radius 3 is 3.07 bits per heavy atom. The van der Waals surface area contributed by atoms with Crippen molar-refractivity contribution >= 4 is 11.6 Å². The second-order valence-electron chi connectivity index (χ2n) is 2.99. The van der Waals surface area contributed by atoms with E-state index in [2.05, 4.69) is 4.98 Å². The second-order valence-corrected chi connectivity index (χ2v) is 3.26. The SMILES string of the molecule is COc1cccc(-c2ocnc2CCl)c1. The van der Waals surface area contributed by atoms with Crippen LogP contribution in [0.1, 0.15) is 5.69 Å². The monoisotopic (exact) mass is 223 g/mol. The van der Waals surface area contributed by atoms with Gasteiger partial charge in [0.1, 0.15) is 11.4 Å². The molecule has 0 aliphatic carbocycles. The molecule has 2 rings (SSSR count). The lowest BCUT2D eigenvalue weighted by Crippen LogP contribution is -1.85. The van der Waals surface area contributed by atoms with Crippen molar-refractivity contribution in [3.8, 4) is 17.1 Å². The van der Waals surface area contributed by atoms with E-state index in [1.54, 1.807) is 7.11 Å². The summed E-state index contributed by atoms with van der Waals surface area (Å²) < 4.78 is 10.4. The molecule has 0 spiro atoms. The van der Waals surface area contributed by atoms with Gasteiger partial charge >= 0.3 is 0 Å². The predicted molar refractivity (Wildman–Crippen MR) is 58.0 cm³/mol. The number of alkyl halides is 1. The number of nitrogens with zero attached hydrogens (tertiary/aromatic N) is 1. The maximum atomic E-state index is 5.74. The van der Waals surface area contributed by atoms with Gasteiger partial charge in [-0.2, -0.15) is 0 Å². The quantitative estimate of drug-likeness (QED) is 0.750. The minimum atomic E-state index is 0.336. The molecule has 0 aliphatic rings. The second kappa shape index (κ2) is 4.36. The topological polar surface area (TPSA) is 35.3 Å². The van der Waals surface area contributed by atoms with Crippen LogP contribution >= 0.6 is 11.6 Å². The third kappa shape index (κ3) is 1.97. The number of hydrogen-bond donors (Lipinski definition) is 0. The number of hydrogen-bond acceptors (Lipinski definition) is 3. The van der Waals surface area contributed by atoms with E-state index in [9.17, 15) is 0 Å². The summed E-state index contributed by atoms with van der Waals surface area (Å²) in [5.74, 6) is 1.82. The molecule has 0 saturated carbocycles. The first-order valence-corrected chi connectivity index (χ1v) is 5.01. The van der Waals surface area contributed by atoms with Crippen molar-refractivity contribution in [2.75, 3.05) is 7.11 Å². The van der Waals surface area contributed by atoms with Crippen LogP contribution < -0.4 is 4.74 Å². The zero-order valence-electron chi connectivity index (χ0n) is 8.24. The predicted octanol–water partition coefficient (Wildman–Crippen LogP) is 3.09. The molecular formula is C11H10ClNO2. The first-order valence-electron chi connectivity index (χ1n) is 4.48. The largest absolute Gasteiger partial charge is 0.497 e. The minimum Gasteiger partial charge on any atom is -0.497 e. The fourth-order valence-electron chi connectivity index (χ4n) is 1.36. The highest BCUT2D eigenvalue weighted by atomic mass is 35.5. The average molecular weight is 224 g/mol. The van der Waals surface area contributed by atoms with Crippen molar-refractivity contribution in [2.24, 2.45) is 0 Å². The number of methoxy groups -OCH3 is 1. The van der Waals surface area contributed by atoms with Crippen LogP contribution in [0.4, 0.5) is 0 Å². The maximum absolute atomic E-state index is 5.74. The van der Waals surface area contributed by atoms with Crippen molar-refractivity contribution in [3.05, 3.63) is 36.4 Å². The van der Waals surface area contributed by atoms with E-state index in [-0.39, 0.29) is 0 Å². The van der Waals surface area contributed by atoms with E-state index in [0.29, 0.717) is 11.6 Å². The summed E-state index contributed by atoms with van der Waals surface area (Å²) in [6, 6.07) is 7.59. The normalized spacial score (nSPS) is 10.3. The standard InChI is InChI=1S/C11H10ClNO2/c1-14-9-4-2-3-8(5-9)11-10(6-12)13-7-15-11/h2-5,7H,6H2,1H3. The van der Waals surface area contributed by atoms with Crippen molar-refractivity contribution in [3.63, 3.8) is 0 Å². The zero-order chi connectivity index (χ0) is 10.7. The zero-order valence-corrected chi connectivity index (χ0v) is 8.99. The summed E-state index contributed by atoms with van der Waals surface area (Å²) in [5.41, 5.74) is 1.66. The molecule has 1 aromatic carbocycles. The summed E-state index contributed by atoms with van der Waals surface area (Å²) in [6.45, 7) is 0. The highest BCUT2D eigenvalue weighted by Gasteiger charge is 2.09. The molecule has 0 saturated heterocycles. The van der Waals surface area contributed by atoms with Crippen molar-refractivity contribution in [1.82, 2.24) is 4.98 Å². The number of rotatable bonds is 3. The fourth-order valence-corrected chi connectivity index (χ4v) is 1.55. The van der Waals surface area contributed by atoms with Gasteiger partial charge in [0.05, 0.1) is 13.0 Å². The molecule has 2 aromatic rings. The summed E-state index contributed by atoms with van der Waals surface area (Å²) in [4.78, 5) is 4.03. The van der Waals surface area contributed by atoms with Crippen LogP contribution in [0.15, 0.2) is 35.1 Å². The van der Waals surface area contributed by atoms with E-state index in [4.69, 9.17) is 20.8 Å². The molecule has 15 heavy (non-hydrogen) atoms. The van der Waals surface area contributed by atoms with Crippen molar-refractivity contribution in [2.45, 2.75) is 5.88 Å². The van der Waals surface area contributed by atoms with Gasteiger partial charge in [-0.3, -0.25) is 0 Å². The van der Waals surface area contributed by atoms with Crippen LogP contribution in [0.25, 0.3) is 11.3 Å². The van der Waals surface area contributed by atoms with Gasteiger partial charge in [0.25, 0.3) is 0 Å². The Hall–Kier alpha value is -1.48. The molecule has 4 heteroatoms. The van der Waals surface area contributed by atoms with Crippen LogP contribution in [0, 0.1) is 0 Å². The minimum absolute atomic E-state index is 0.336. The van der Waals surface area contributed by atoms with Gasteiger partial charge in [0, 0.05) is 5.56 Å². The molecular weight excluding hydrogens is 214 g/mol. The number of halogens is 1. The van der Waals surface area contributed by atoms with E-state index in [1.165, 1.54) is 6.39 Å². The lowest BCUT2D eigenvalue weighted by molar-refractivity contribution is 0.415. The molecule has 0 bridgehead atoms. The van der Waals surface area contributed by atoms with Gasteiger partial charge in [-0.15, -0.1) is 11.6 Å². The van der Waals surface area contributed by atoms with Crippen LogP contribution in [0.3, 0.4) is 0 Å². The number of oxazole rings is 1. The van der Waals surface area contributed by atoms with E-state index >= 15 is 0 Å². The van der Waals surface area contributed by atoms with Gasteiger partial charge < -0.3 is 9.15 Å². The Kier molecular flexibility index (Phi) is 2.92. The molecule has 0 radical (unpaired) electrons. The van der Waals surface area contributed by atoms with E-state index in [1.807, 2.05) is 24.3 Å². The van der Waals surface area contributed by atoms with Crippen molar-refractivity contribution in [1.29, 1.82) is 0 Å². The number of benzene rings is 1. The summed E-state index contributed by atoms with van der Waals surface area (Å²) in [7, 11) is 1.63. The van der Waals surface area contributed by atoms with Gasteiger partial charge in [-0.05, 0) is 12.1 Å². The van der Waals surface area contributed by atoms with Gasteiger partial charge in [-0.1, -0.05) is 12.1 Å². The van der Waals surface area contributed by atoms with Crippen molar-refractivity contribution < 1.29 is 9.15 Å². The summed E-state index contributed by atoms with van der Waals surface area (Å²) in [5, 5.41) is 0. The molecule has 0 fully saturated rings. The molecule has 3 nitrogen and oxygen atoms in total. The fraction of sp³-hybridized carbons (Fsp3) is 0.182. The molecule has 1 heterocycles. The third-order valence-electron chi connectivity index (χ3n) is 2.10. The van der Waals surface area contributed by atoms with Gasteiger partial charge in [0.2, 0.25) is 0 Å². The molecule has 0 amide bonds. The Morgan fingerprint density at radius 2 is 2.33 bits per heavy atom. The molecule has 78 valence electrons. The summed E-state index contributed by atoms with van der Waals surface area (Å²) >= 11 is 5.74. The third-order valence-corrected chi connectivity index (χ3v) is 2.35. The van der Waals surface area contributed by atoms with Crippen LogP contribution in [0.2, 0.25) is 0 Å². The summed E-state index contributed by atoms with van der Waals surface area (Å²) in [6.07, 6.45) is 1.40. The lowest BCUT2D eigenvalue weighted by atomic mass is 10.1. The Labute approximate surface area is 92.6 Å². The lowest BCUT2D eigenvalue weighted by Gasteiger charge is -2.02. The Morgan fingerprint density at radius 1 is 1.47 bits per heavy atom. The number of ether oxygens (including phenoxy) is 1. The van der Waals surface area contributed by atoms with Crippen LogP contribution in [0.5, 0.6) is 5.75 Å². The van der Waals surface area contributed by atoms with Gasteiger partial charge in [0.15, 0.2) is 12.2 Å². The van der Waals surface area contributed by atoms with E-state index < -0.39 is 0 Å².